The molecule has 6 nitrogen and oxygen atoms in total. The van der Waals surface area contributed by atoms with Gasteiger partial charge in [-0.15, -0.1) is 0 Å². The number of ether oxygens (including phenoxy) is 1. The van der Waals surface area contributed by atoms with E-state index in [9.17, 15) is 4.79 Å². The van der Waals surface area contributed by atoms with Gasteiger partial charge in [0.15, 0.2) is 0 Å². The van der Waals surface area contributed by atoms with E-state index in [2.05, 4.69) is 52.1 Å². The van der Waals surface area contributed by atoms with Gasteiger partial charge in [0.1, 0.15) is 11.8 Å². The fraction of sp³-hybridized carbons (Fsp3) is 0.409. The van der Waals surface area contributed by atoms with Crippen LogP contribution in [0.25, 0.3) is 0 Å². The molecule has 2 N–H and O–H groups in total. The lowest BCUT2D eigenvalue weighted by molar-refractivity contribution is -0.133. The fourth-order valence-electron chi connectivity index (χ4n) is 3.94. The Bertz CT molecular complexity index is 773. The van der Waals surface area contributed by atoms with Crippen molar-refractivity contribution in [3.63, 3.8) is 0 Å². The Morgan fingerprint density at radius 3 is 2.39 bits per heavy atom. The normalized spacial score (nSPS) is 22.3. The quantitative estimate of drug-likeness (QED) is 0.834. The molecule has 0 bridgehead atoms. The molecule has 0 saturated carbocycles. The highest BCUT2D eigenvalue weighted by Crippen LogP contribution is 2.25. The molecule has 2 aromatic rings. The van der Waals surface area contributed by atoms with Gasteiger partial charge in [-0.2, -0.15) is 0 Å². The highest BCUT2D eigenvalue weighted by Gasteiger charge is 2.34. The summed E-state index contributed by atoms with van der Waals surface area (Å²) in [6.07, 6.45) is 0.756. The van der Waals surface area contributed by atoms with Crippen LogP contribution in [0.15, 0.2) is 54.6 Å². The molecule has 4 rings (SSSR count). The molecule has 2 unspecified atom stereocenters. The topological polar surface area (TPSA) is 56.8 Å². The average Bonchev–Trinajstić information content (AvgIpc) is 3.25. The Kier molecular flexibility index (Phi) is 5.78. The van der Waals surface area contributed by atoms with Crippen molar-refractivity contribution >= 4 is 11.6 Å². The number of carbonyl (C=O) groups is 1. The molecule has 2 aromatic carbocycles. The molecule has 28 heavy (non-hydrogen) atoms. The number of para-hydroxylation sites is 1. The van der Waals surface area contributed by atoms with Crippen LogP contribution in [-0.2, 0) is 4.79 Å². The van der Waals surface area contributed by atoms with E-state index in [0.717, 1.165) is 38.3 Å². The summed E-state index contributed by atoms with van der Waals surface area (Å²) >= 11 is 0. The van der Waals surface area contributed by atoms with Crippen LogP contribution in [0.5, 0.6) is 5.75 Å². The first-order chi connectivity index (χ1) is 13.7. The number of hydrogen-bond acceptors (Lipinski definition) is 5. The van der Waals surface area contributed by atoms with Crippen molar-refractivity contribution < 1.29 is 9.53 Å². The zero-order valence-electron chi connectivity index (χ0n) is 16.3. The number of anilines is 1. The van der Waals surface area contributed by atoms with Gasteiger partial charge in [0.05, 0.1) is 6.61 Å². The van der Waals surface area contributed by atoms with Gasteiger partial charge in [0.25, 0.3) is 0 Å². The molecule has 148 valence electrons. The maximum absolute atomic E-state index is 12.9. The first-order valence-corrected chi connectivity index (χ1v) is 10.1. The largest absolute Gasteiger partial charge is 0.494 e. The van der Waals surface area contributed by atoms with E-state index in [-0.39, 0.29) is 18.0 Å². The molecule has 0 radical (unpaired) electrons. The highest BCUT2D eigenvalue weighted by atomic mass is 16.5. The van der Waals surface area contributed by atoms with Crippen molar-refractivity contribution in [2.45, 2.75) is 25.4 Å². The molecule has 2 aliphatic rings. The van der Waals surface area contributed by atoms with E-state index in [4.69, 9.17) is 4.74 Å². The second kappa shape index (κ2) is 8.63. The third-order valence-corrected chi connectivity index (χ3v) is 5.51. The monoisotopic (exact) mass is 380 g/mol. The van der Waals surface area contributed by atoms with Crippen molar-refractivity contribution in [1.82, 2.24) is 15.8 Å². The van der Waals surface area contributed by atoms with Gasteiger partial charge in [0.2, 0.25) is 5.91 Å². The number of rotatable bonds is 5. The predicted molar refractivity (Wildman–Crippen MR) is 110 cm³/mol. The zero-order chi connectivity index (χ0) is 19.3. The van der Waals surface area contributed by atoms with Crippen LogP contribution >= 0.6 is 0 Å². The molecule has 2 atom stereocenters. The lowest BCUT2D eigenvalue weighted by Crippen LogP contribution is -2.53. The van der Waals surface area contributed by atoms with Crippen LogP contribution in [0, 0.1) is 0 Å². The standard InChI is InChI=1S/C22H28N4O2/c1-2-28-19-10-8-17(9-11-19)20-16-21(24-23-20)22(27)26-14-12-25(13-15-26)18-6-4-3-5-7-18/h3-11,20-21,23-24H,2,12-16H2,1H3. The Labute approximate surface area is 166 Å². The Balaban J connectivity index is 1.30. The molecule has 6 heteroatoms. The van der Waals surface area contributed by atoms with Crippen molar-refractivity contribution in [3.8, 4) is 5.75 Å². The summed E-state index contributed by atoms with van der Waals surface area (Å²) in [6, 6.07) is 18.5. The minimum Gasteiger partial charge on any atom is -0.494 e. The van der Waals surface area contributed by atoms with E-state index in [1.807, 2.05) is 30.0 Å². The van der Waals surface area contributed by atoms with E-state index >= 15 is 0 Å². The van der Waals surface area contributed by atoms with Crippen molar-refractivity contribution in [2.24, 2.45) is 0 Å². The van der Waals surface area contributed by atoms with Gasteiger partial charge in [-0.1, -0.05) is 30.3 Å². The van der Waals surface area contributed by atoms with E-state index in [1.54, 1.807) is 0 Å². The molecule has 0 aliphatic carbocycles. The van der Waals surface area contributed by atoms with E-state index in [0.29, 0.717) is 6.61 Å². The molecule has 2 heterocycles. The number of nitrogens with zero attached hydrogens (tertiary/aromatic N) is 2. The van der Waals surface area contributed by atoms with E-state index in [1.165, 1.54) is 11.3 Å². The van der Waals surface area contributed by atoms with Gasteiger partial charge in [-0.3, -0.25) is 4.79 Å². The maximum Gasteiger partial charge on any atom is 0.241 e. The number of piperazine rings is 1. The second-order valence-corrected chi connectivity index (χ2v) is 7.28. The summed E-state index contributed by atoms with van der Waals surface area (Å²) in [6.45, 7) is 5.92. The maximum atomic E-state index is 12.9. The van der Waals surface area contributed by atoms with Crippen molar-refractivity contribution in [3.05, 3.63) is 60.2 Å². The van der Waals surface area contributed by atoms with Crippen LogP contribution in [0.4, 0.5) is 5.69 Å². The number of hydrazine groups is 1. The van der Waals surface area contributed by atoms with Crippen LogP contribution in [0.2, 0.25) is 0 Å². The van der Waals surface area contributed by atoms with Crippen LogP contribution in [0.3, 0.4) is 0 Å². The smallest absolute Gasteiger partial charge is 0.241 e. The molecule has 2 fully saturated rings. The fourth-order valence-corrected chi connectivity index (χ4v) is 3.94. The van der Waals surface area contributed by atoms with Gasteiger partial charge >= 0.3 is 0 Å². The van der Waals surface area contributed by atoms with Crippen LogP contribution in [0.1, 0.15) is 24.9 Å². The minimum absolute atomic E-state index is 0.134. The SMILES string of the molecule is CCOc1ccc(C2CC(C(=O)N3CCN(c4ccccc4)CC3)NN2)cc1. The molecule has 0 spiro atoms. The van der Waals surface area contributed by atoms with Crippen LogP contribution < -0.4 is 20.5 Å². The van der Waals surface area contributed by atoms with Gasteiger partial charge in [-0.05, 0) is 43.2 Å². The highest BCUT2D eigenvalue weighted by molar-refractivity contribution is 5.82. The predicted octanol–water partition coefficient (Wildman–Crippen LogP) is 2.34. The summed E-state index contributed by atoms with van der Waals surface area (Å²) in [5, 5.41) is 0. The molecule has 0 aromatic heterocycles. The molecular formula is C22H28N4O2. The second-order valence-electron chi connectivity index (χ2n) is 7.28. The van der Waals surface area contributed by atoms with Gasteiger partial charge < -0.3 is 14.5 Å². The van der Waals surface area contributed by atoms with E-state index < -0.39 is 0 Å². The molecule has 1 amide bonds. The summed E-state index contributed by atoms with van der Waals surface area (Å²) in [7, 11) is 0. The summed E-state index contributed by atoms with van der Waals surface area (Å²) in [5.41, 5.74) is 8.87. The first kappa shape index (κ1) is 18.8. The lowest BCUT2D eigenvalue weighted by atomic mass is 10.0. The third-order valence-electron chi connectivity index (χ3n) is 5.51. The summed E-state index contributed by atoms with van der Waals surface area (Å²) in [5.74, 6) is 1.06. The number of amides is 1. The number of benzene rings is 2. The molecule has 2 aliphatic heterocycles. The summed E-state index contributed by atoms with van der Waals surface area (Å²) < 4.78 is 5.50. The van der Waals surface area contributed by atoms with Crippen LogP contribution in [-0.4, -0.2) is 49.6 Å². The molecule has 2 saturated heterocycles. The van der Waals surface area contributed by atoms with Crippen molar-refractivity contribution in [2.75, 3.05) is 37.7 Å². The lowest BCUT2D eigenvalue weighted by Gasteiger charge is -2.37. The summed E-state index contributed by atoms with van der Waals surface area (Å²) in [4.78, 5) is 17.3. The Morgan fingerprint density at radius 1 is 1.00 bits per heavy atom. The van der Waals surface area contributed by atoms with Gasteiger partial charge in [0, 0.05) is 37.9 Å². The third kappa shape index (κ3) is 4.13. The number of nitrogens with one attached hydrogen (secondary N) is 2. The average molecular weight is 380 g/mol. The minimum atomic E-state index is -0.181. The zero-order valence-corrected chi connectivity index (χ0v) is 16.3. The number of hydrogen-bond donors (Lipinski definition) is 2. The first-order valence-electron chi connectivity index (χ1n) is 10.1. The Morgan fingerprint density at radius 2 is 1.71 bits per heavy atom. The van der Waals surface area contributed by atoms with Gasteiger partial charge in [-0.25, -0.2) is 10.9 Å². The van der Waals surface area contributed by atoms with Crippen molar-refractivity contribution in [1.29, 1.82) is 0 Å². The number of carbonyl (C=O) groups excluding carboxylic acids is 1. The molecular weight excluding hydrogens is 352 g/mol. The Hall–Kier alpha value is -2.57.